The predicted molar refractivity (Wildman–Crippen MR) is 40.4 cm³/mol. The van der Waals surface area contributed by atoms with Gasteiger partial charge in [-0.2, -0.15) is 0 Å². The Hall–Kier alpha value is -0.0400. The van der Waals surface area contributed by atoms with Crippen molar-refractivity contribution in [2.45, 2.75) is 46.1 Å². The van der Waals surface area contributed by atoms with Crippen LogP contribution in [0, 0.1) is 5.92 Å². The summed E-state index contributed by atoms with van der Waals surface area (Å²) in [5, 5.41) is 9.08. The number of hydrogen-bond acceptors (Lipinski definition) is 1. The normalized spacial score (nSPS) is 40.3. The monoisotopic (exact) mass is 130 g/mol. The molecule has 0 unspecified atom stereocenters. The topological polar surface area (TPSA) is 20.2 Å². The molecule has 1 aliphatic rings. The van der Waals surface area contributed by atoms with Gasteiger partial charge in [-0.15, -0.1) is 0 Å². The van der Waals surface area contributed by atoms with Crippen molar-refractivity contribution in [1.82, 2.24) is 0 Å². The summed E-state index contributed by atoms with van der Waals surface area (Å²) in [6.45, 7) is 8.06. The minimum Gasteiger partial charge on any atom is -0.390 e. The lowest BCUT2D eigenvalue weighted by atomic mass is 9.73. The van der Waals surface area contributed by atoms with Crippen LogP contribution in [0.2, 0.25) is 0 Å². The average Bonchev–Trinajstić information content (AvgIpc) is 1.67. The summed E-state index contributed by atoms with van der Waals surface area (Å²) in [4.78, 5) is 0. The number of rotatable bonds is 0. The van der Waals surface area contributed by atoms with E-state index in [0.717, 1.165) is 18.8 Å². The van der Waals surface area contributed by atoms with Crippen molar-refractivity contribution in [3.8, 4) is 0 Å². The van der Waals surface area contributed by atoms with Gasteiger partial charge in [0.15, 0.2) is 0 Å². The van der Waals surface area contributed by atoms with Crippen LogP contribution in [-0.2, 0) is 0 Å². The molecule has 0 aromatic rings. The van der Waals surface area contributed by atoms with Gasteiger partial charge in [-0.25, -0.2) is 0 Å². The first kappa shape index (κ1) is 8.96. The molecule has 0 aromatic carbocycles. The molecule has 0 heterocycles. The fourth-order valence-corrected chi connectivity index (χ4v) is 1.44. The zero-order chi connectivity index (χ0) is 7.49. The predicted octanol–water partition coefficient (Wildman–Crippen LogP) is 2.19. The third-order valence-corrected chi connectivity index (χ3v) is 1.58. The SMILES string of the molecule is CC.CC1CC(C)(O)C1. The summed E-state index contributed by atoms with van der Waals surface area (Å²) in [6, 6.07) is 0. The molecule has 9 heavy (non-hydrogen) atoms. The van der Waals surface area contributed by atoms with Crippen LogP contribution in [0.3, 0.4) is 0 Å². The second-order valence-electron chi connectivity index (χ2n) is 3.01. The molecule has 56 valence electrons. The number of hydrogen-bond donors (Lipinski definition) is 1. The minimum absolute atomic E-state index is 0.306. The maximum absolute atomic E-state index is 9.08. The molecule has 0 atom stereocenters. The van der Waals surface area contributed by atoms with E-state index < -0.39 is 0 Å². The lowest BCUT2D eigenvalue weighted by Crippen LogP contribution is -2.39. The summed E-state index contributed by atoms with van der Waals surface area (Å²) in [5.74, 6) is 0.759. The second kappa shape index (κ2) is 3.21. The highest BCUT2D eigenvalue weighted by Gasteiger charge is 2.34. The number of aliphatic hydroxyl groups is 1. The Morgan fingerprint density at radius 2 is 1.67 bits per heavy atom. The zero-order valence-electron chi connectivity index (χ0n) is 6.94. The molecule has 0 radical (unpaired) electrons. The molecule has 1 nitrogen and oxygen atoms in total. The first-order valence-corrected chi connectivity index (χ1v) is 3.82. The van der Waals surface area contributed by atoms with Gasteiger partial charge in [0.1, 0.15) is 0 Å². The fraction of sp³-hybridized carbons (Fsp3) is 1.00. The maximum Gasteiger partial charge on any atom is 0.0624 e. The highest BCUT2D eigenvalue weighted by molar-refractivity contribution is 4.87. The van der Waals surface area contributed by atoms with E-state index in [4.69, 9.17) is 5.11 Å². The van der Waals surface area contributed by atoms with Gasteiger partial charge in [0.05, 0.1) is 5.60 Å². The van der Waals surface area contributed by atoms with Gasteiger partial charge in [-0.05, 0) is 25.7 Å². The van der Waals surface area contributed by atoms with Crippen LogP contribution in [0.4, 0.5) is 0 Å². The Labute approximate surface area is 58.1 Å². The van der Waals surface area contributed by atoms with Gasteiger partial charge >= 0.3 is 0 Å². The van der Waals surface area contributed by atoms with E-state index in [9.17, 15) is 0 Å². The largest absolute Gasteiger partial charge is 0.390 e. The molecule has 0 saturated heterocycles. The molecule has 1 fully saturated rings. The van der Waals surface area contributed by atoms with E-state index in [1.165, 1.54) is 0 Å². The third-order valence-electron chi connectivity index (χ3n) is 1.58. The zero-order valence-corrected chi connectivity index (χ0v) is 6.94. The van der Waals surface area contributed by atoms with Crippen molar-refractivity contribution in [3.05, 3.63) is 0 Å². The molecule has 0 amide bonds. The molecule has 1 saturated carbocycles. The summed E-state index contributed by atoms with van der Waals surface area (Å²) in [6.07, 6.45) is 1.99. The van der Waals surface area contributed by atoms with Crippen molar-refractivity contribution in [1.29, 1.82) is 0 Å². The average molecular weight is 130 g/mol. The standard InChI is InChI=1S/C6H12O.C2H6/c1-5-3-6(2,7)4-5;1-2/h5,7H,3-4H2,1-2H3;1-2H3. The molecule has 1 heteroatoms. The van der Waals surface area contributed by atoms with E-state index in [1.54, 1.807) is 0 Å². The lowest BCUT2D eigenvalue weighted by Gasteiger charge is -2.38. The van der Waals surface area contributed by atoms with Gasteiger partial charge in [0, 0.05) is 0 Å². The van der Waals surface area contributed by atoms with Crippen LogP contribution < -0.4 is 0 Å². The van der Waals surface area contributed by atoms with Crippen LogP contribution in [0.5, 0.6) is 0 Å². The Bertz CT molecular complexity index is 68.6. The van der Waals surface area contributed by atoms with Crippen molar-refractivity contribution >= 4 is 0 Å². The van der Waals surface area contributed by atoms with Crippen LogP contribution >= 0.6 is 0 Å². The molecule has 1 rings (SSSR count). The quantitative estimate of drug-likeness (QED) is 0.533. The van der Waals surface area contributed by atoms with Gasteiger partial charge < -0.3 is 5.11 Å². The first-order valence-electron chi connectivity index (χ1n) is 3.82. The van der Waals surface area contributed by atoms with E-state index >= 15 is 0 Å². The van der Waals surface area contributed by atoms with E-state index in [2.05, 4.69) is 6.92 Å². The molecule has 1 N–H and O–H groups in total. The first-order chi connectivity index (χ1) is 4.10. The van der Waals surface area contributed by atoms with Crippen molar-refractivity contribution < 1.29 is 5.11 Å². The van der Waals surface area contributed by atoms with Crippen LogP contribution in [0.1, 0.15) is 40.5 Å². The molecule has 0 spiro atoms. The lowest BCUT2D eigenvalue weighted by molar-refractivity contribution is -0.0506. The van der Waals surface area contributed by atoms with Gasteiger partial charge in [-0.3, -0.25) is 0 Å². The van der Waals surface area contributed by atoms with Crippen LogP contribution in [-0.4, -0.2) is 10.7 Å². The van der Waals surface area contributed by atoms with Crippen LogP contribution in [0.25, 0.3) is 0 Å². The summed E-state index contributed by atoms with van der Waals surface area (Å²) >= 11 is 0. The molecule has 0 bridgehead atoms. The summed E-state index contributed by atoms with van der Waals surface area (Å²) in [5.41, 5.74) is -0.306. The maximum atomic E-state index is 9.08. The second-order valence-corrected chi connectivity index (χ2v) is 3.01. The van der Waals surface area contributed by atoms with Crippen molar-refractivity contribution in [3.63, 3.8) is 0 Å². The Morgan fingerprint density at radius 1 is 1.33 bits per heavy atom. The summed E-state index contributed by atoms with van der Waals surface area (Å²) < 4.78 is 0. The molecule has 0 aliphatic heterocycles. The van der Waals surface area contributed by atoms with E-state index in [1.807, 2.05) is 20.8 Å². The van der Waals surface area contributed by atoms with E-state index in [0.29, 0.717) is 0 Å². The van der Waals surface area contributed by atoms with Gasteiger partial charge in [0.25, 0.3) is 0 Å². The van der Waals surface area contributed by atoms with Gasteiger partial charge in [-0.1, -0.05) is 20.8 Å². The molecule has 0 aromatic heterocycles. The molecule has 1 aliphatic carbocycles. The molecular weight excluding hydrogens is 112 g/mol. The highest BCUT2D eigenvalue weighted by atomic mass is 16.3. The third kappa shape index (κ3) is 2.85. The Morgan fingerprint density at radius 3 is 1.67 bits per heavy atom. The van der Waals surface area contributed by atoms with Crippen molar-refractivity contribution in [2.24, 2.45) is 5.92 Å². The summed E-state index contributed by atoms with van der Waals surface area (Å²) in [7, 11) is 0. The van der Waals surface area contributed by atoms with Crippen LogP contribution in [0.15, 0.2) is 0 Å². The fourth-order valence-electron chi connectivity index (χ4n) is 1.44. The molecular formula is C8H18O. The van der Waals surface area contributed by atoms with Gasteiger partial charge in [0.2, 0.25) is 0 Å². The highest BCUT2D eigenvalue weighted by Crippen LogP contribution is 2.36. The van der Waals surface area contributed by atoms with E-state index in [-0.39, 0.29) is 5.60 Å². The van der Waals surface area contributed by atoms with Crippen molar-refractivity contribution in [2.75, 3.05) is 0 Å². The Kier molecular flexibility index (Phi) is 3.20. The minimum atomic E-state index is -0.306. The smallest absolute Gasteiger partial charge is 0.0624 e. The Balaban J connectivity index is 0.000000291.